The van der Waals surface area contributed by atoms with Crippen LogP contribution in [0.3, 0.4) is 0 Å². The van der Waals surface area contributed by atoms with Crippen LogP contribution in [0.15, 0.2) is 53.9 Å². The van der Waals surface area contributed by atoms with Crippen molar-refractivity contribution in [2.45, 2.75) is 49.5 Å². The summed E-state index contributed by atoms with van der Waals surface area (Å²) in [4.78, 5) is 15.9. The van der Waals surface area contributed by atoms with E-state index in [4.69, 9.17) is 9.47 Å². The minimum absolute atomic E-state index is 0.0229. The maximum absolute atomic E-state index is 13.6. The maximum Gasteiger partial charge on any atom is 0.427 e. The van der Waals surface area contributed by atoms with Gasteiger partial charge in [0.1, 0.15) is 22.5 Å². The number of carbonyl (C=O) groups excluding carboxylic acids is 1. The van der Waals surface area contributed by atoms with Crippen LogP contribution in [0.5, 0.6) is 11.5 Å². The summed E-state index contributed by atoms with van der Waals surface area (Å²) in [6.45, 7) is 4.65. The van der Waals surface area contributed by atoms with Crippen LogP contribution in [0.25, 0.3) is 0 Å². The molecule has 0 fully saturated rings. The highest BCUT2D eigenvalue weighted by Gasteiger charge is 2.51. The minimum atomic E-state index is -4.81. The Kier molecular flexibility index (Phi) is 7.81. The molecule has 0 unspecified atom stereocenters. The lowest BCUT2D eigenvalue weighted by molar-refractivity contribution is -0.242. The minimum Gasteiger partial charge on any atom is -0.513 e. The van der Waals surface area contributed by atoms with Crippen LogP contribution in [-0.4, -0.2) is 56.1 Å². The molecule has 0 spiro atoms. The summed E-state index contributed by atoms with van der Waals surface area (Å²) >= 11 is 0. The average Bonchev–Trinajstić information content (AvgIpc) is 2.81. The van der Waals surface area contributed by atoms with E-state index >= 15 is 0 Å². The van der Waals surface area contributed by atoms with E-state index in [1.807, 2.05) is 0 Å². The number of methoxy groups -OCH3 is 1. The van der Waals surface area contributed by atoms with Gasteiger partial charge >= 0.3 is 12.3 Å². The SMILES string of the molecule is C=C(O)CC[C@H]1CN(S(=O)(=O)c2cncc(OC)c2)c2cc(NC(=O)OC(C)(C)C(F)(F)F)ccc2O1. The quantitative estimate of drug-likeness (QED) is 0.454. The molecule has 1 aromatic carbocycles. The molecule has 2 N–H and O–H groups in total. The van der Waals surface area contributed by atoms with Crippen molar-refractivity contribution >= 4 is 27.5 Å². The molecular weight excluding hydrogens is 519 g/mol. The van der Waals surface area contributed by atoms with Crippen LogP contribution < -0.4 is 19.1 Å². The third kappa shape index (κ3) is 6.37. The van der Waals surface area contributed by atoms with Crippen molar-refractivity contribution in [3.8, 4) is 11.5 Å². The Balaban J connectivity index is 1.97. The largest absolute Gasteiger partial charge is 0.513 e. The third-order valence-corrected chi connectivity index (χ3v) is 7.18. The number of fused-ring (bicyclic) bond motifs is 1. The summed E-state index contributed by atoms with van der Waals surface area (Å²) in [5.41, 5.74) is -2.76. The first-order valence-electron chi connectivity index (χ1n) is 10.9. The van der Waals surface area contributed by atoms with Crippen LogP contribution >= 0.6 is 0 Å². The molecule has 2 heterocycles. The van der Waals surface area contributed by atoms with Gasteiger partial charge in [0.05, 0.1) is 31.3 Å². The van der Waals surface area contributed by atoms with Crippen LogP contribution in [-0.2, 0) is 14.8 Å². The second-order valence-electron chi connectivity index (χ2n) is 8.65. The first kappa shape index (κ1) is 27.9. The molecule has 2 aromatic rings. The van der Waals surface area contributed by atoms with Gasteiger partial charge in [-0.2, -0.15) is 13.2 Å². The number of hydrogen-bond donors (Lipinski definition) is 2. The van der Waals surface area contributed by atoms with Gasteiger partial charge in [-0.1, -0.05) is 6.58 Å². The van der Waals surface area contributed by atoms with Crippen LogP contribution in [0.1, 0.15) is 26.7 Å². The van der Waals surface area contributed by atoms with E-state index in [2.05, 4.69) is 21.6 Å². The molecular formula is C23H26F3N3O7S. The summed E-state index contributed by atoms with van der Waals surface area (Å²) in [5.74, 6) is 0.238. The highest BCUT2D eigenvalue weighted by Crippen LogP contribution is 2.40. The number of anilines is 2. The van der Waals surface area contributed by atoms with E-state index in [0.717, 1.165) is 10.5 Å². The van der Waals surface area contributed by atoms with Gasteiger partial charge in [-0.05, 0) is 38.5 Å². The van der Waals surface area contributed by atoms with E-state index in [-0.39, 0.29) is 52.9 Å². The highest BCUT2D eigenvalue weighted by molar-refractivity contribution is 7.92. The number of rotatable bonds is 8. The Morgan fingerprint density at radius 3 is 2.62 bits per heavy atom. The standard InChI is InChI=1S/C23H26F3N3O7S/c1-14(30)5-7-16-13-29(37(32,33)18-10-17(34-4)11-27-12-18)19-9-15(6-8-20(19)35-16)28-21(31)36-22(2,3)23(24,25)26/h6,8-12,16,30H,1,5,7,13H2,2-4H3,(H,28,31)/t16-/m0/s1. The lowest BCUT2D eigenvalue weighted by Crippen LogP contribution is -2.44. The fraction of sp³-hybridized carbons (Fsp3) is 0.391. The predicted octanol–water partition coefficient (Wildman–Crippen LogP) is 4.79. The van der Waals surface area contributed by atoms with Crippen molar-refractivity contribution in [3.05, 3.63) is 49.0 Å². The molecule has 1 atom stereocenters. The molecule has 0 radical (unpaired) electrons. The molecule has 10 nitrogen and oxygen atoms in total. The van der Waals surface area contributed by atoms with E-state index in [1.165, 1.54) is 37.6 Å². The van der Waals surface area contributed by atoms with Crippen molar-refractivity contribution in [3.63, 3.8) is 0 Å². The van der Waals surface area contributed by atoms with E-state index in [9.17, 15) is 31.5 Å². The number of nitrogens with zero attached hydrogens (tertiary/aromatic N) is 2. The molecule has 0 saturated heterocycles. The summed E-state index contributed by atoms with van der Waals surface area (Å²) in [7, 11) is -2.89. The molecule has 0 saturated carbocycles. The van der Waals surface area contributed by atoms with Gasteiger partial charge in [0.15, 0.2) is 0 Å². The topological polar surface area (TPSA) is 127 Å². The van der Waals surface area contributed by atoms with Crippen LogP contribution in [0.4, 0.5) is 29.3 Å². The number of ether oxygens (including phenoxy) is 3. The third-order valence-electron chi connectivity index (χ3n) is 5.43. The molecule has 0 bridgehead atoms. The summed E-state index contributed by atoms with van der Waals surface area (Å²) in [6.07, 6.45) is -3.98. The number of amides is 1. The molecule has 37 heavy (non-hydrogen) atoms. The van der Waals surface area contributed by atoms with Gasteiger partial charge in [0.25, 0.3) is 10.0 Å². The highest BCUT2D eigenvalue weighted by atomic mass is 32.2. The van der Waals surface area contributed by atoms with Gasteiger partial charge in [0, 0.05) is 24.4 Å². The number of alkyl halides is 3. The Hall–Kier alpha value is -3.68. The fourth-order valence-corrected chi connectivity index (χ4v) is 4.78. The number of allylic oxidation sites excluding steroid dienone is 1. The van der Waals surface area contributed by atoms with Crippen LogP contribution in [0.2, 0.25) is 0 Å². The number of aliphatic hydroxyl groups is 1. The fourth-order valence-electron chi connectivity index (χ4n) is 3.31. The number of nitrogens with one attached hydrogen (secondary N) is 1. The molecule has 14 heteroatoms. The number of halogens is 3. The number of carbonyl (C=O) groups is 1. The lowest BCUT2D eigenvalue weighted by Gasteiger charge is -2.35. The number of pyridine rings is 1. The van der Waals surface area contributed by atoms with Crippen molar-refractivity contribution in [2.24, 2.45) is 0 Å². The first-order valence-corrected chi connectivity index (χ1v) is 12.3. The van der Waals surface area contributed by atoms with Crippen molar-refractivity contribution in [2.75, 3.05) is 23.3 Å². The average molecular weight is 546 g/mol. The van der Waals surface area contributed by atoms with Gasteiger partial charge in [-0.15, -0.1) is 0 Å². The summed E-state index contributed by atoms with van der Waals surface area (Å²) in [5, 5.41) is 11.7. The van der Waals surface area contributed by atoms with Crippen molar-refractivity contribution in [1.29, 1.82) is 0 Å². The Bertz CT molecular complexity index is 1280. The summed E-state index contributed by atoms with van der Waals surface area (Å²) < 4.78 is 82.9. The normalized spacial score (nSPS) is 15.8. The number of sulfonamides is 1. The molecule has 1 amide bonds. The predicted molar refractivity (Wildman–Crippen MR) is 127 cm³/mol. The molecule has 1 aliphatic heterocycles. The number of aliphatic hydroxyl groups excluding tert-OH is 1. The van der Waals surface area contributed by atoms with Crippen molar-refractivity contribution in [1.82, 2.24) is 4.98 Å². The van der Waals surface area contributed by atoms with E-state index < -0.39 is 34.0 Å². The van der Waals surface area contributed by atoms with Gasteiger partial charge < -0.3 is 19.3 Å². The van der Waals surface area contributed by atoms with Gasteiger partial charge in [-0.3, -0.25) is 14.6 Å². The Labute approximate surface area is 211 Å². The maximum atomic E-state index is 13.6. The first-order chi connectivity index (χ1) is 17.1. The number of benzene rings is 1. The lowest BCUT2D eigenvalue weighted by atomic mass is 10.1. The zero-order valence-electron chi connectivity index (χ0n) is 20.2. The smallest absolute Gasteiger partial charge is 0.427 e. The zero-order valence-corrected chi connectivity index (χ0v) is 21.0. The van der Waals surface area contributed by atoms with Crippen molar-refractivity contribution < 1.29 is 45.7 Å². The Morgan fingerprint density at radius 1 is 1.30 bits per heavy atom. The monoisotopic (exact) mass is 545 g/mol. The Morgan fingerprint density at radius 2 is 2.00 bits per heavy atom. The molecule has 1 aromatic heterocycles. The van der Waals surface area contributed by atoms with E-state index in [0.29, 0.717) is 13.8 Å². The van der Waals surface area contributed by atoms with E-state index in [1.54, 1.807) is 0 Å². The second kappa shape index (κ2) is 10.4. The van der Waals surface area contributed by atoms with Crippen LogP contribution in [0, 0.1) is 0 Å². The number of aromatic nitrogens is 1. The van der Waals surface area contributed by atoms with Gasteiger partial charge in [0.2, 0.25) is 5.60 Å². The number of hydrogen-bond acceptors (Lipinski definition) is 8. The molecule has 0 aliphatic carbocycles. The molecule has 3 rings (SSSR count). The second-order valence-corrected chi connectivity index (χ2v) is 10.5. The zero-order chi connectivity index (χ0) is 27.6. The molecule has 202 valence electrons. The molecule has 1 aliphatic rings. The van der Waals surface area contributed by atoms with Gasteiger partial charge in [-0.25, -0.2) is 13.2 Å². The summed E-state index contributed by atoms with van der Waals surface area (Å²) in [6, 6.07) is 5.21.